The molecule has 25 heavy (non-hydrogen) atoms. The van der Waals surface area contributed by atoms with Crippen LogP contribution in [0.1, 0.15) is 11.9 Å². The molecule has 1 fully saturated rings. The normalized spacial score (nSPS) is 20.7. The van der Waals surface area contributed by atoms with E-state index in [1.807, 2.05) is 0 Å². The Balaban J connectivity index is 1.93. The number of amides is 4. The third kappa shape index (κ3) is 2.68. The van der Waals surface area contributed by atoms with Crippen LogP contribution in [-0.4, -0.2) is 51.3 Å². The van der Waals surface area contributed by atoms with Crippen LogP contribution in [0.2, 0.25) is 0 Å². The summed E-state index contributed by atoms with van der Waals surface area (Å²) in [5.41, 5.74) is 0.498. The molecule has 130 valence electrons. The van der Waals surface area contributed by atoms with Crippen molar-refractivity contribution in [2.24, 2.45) is 0 Å². The molecule has 8 nitrogen and oxygen atoms in total. The van der Waals surface area contributed by atoms with E-state index in [2.05, 4.69) is 4.98 Å². The van der Waals surface area contributed by atoms with Crippen molar-refractivity contribution in [3.8, 4) is 0 Å². The number of aliphatic carboxylic acids is 1. The lowest BCUT2D eigenvalue weighted by atomic mass is 10.3. The van der Waals surface area contributed by atoms with Crippen LogP contribution in [0.25, 0.3) is 10.2 Å². The average molecular weight is 365 g/mol. The summed E-state index contributed by atoms with van der Waals surface area (Å²) in [7, 11) is 0. The van der Waals surface area contributed by atoms with Crippen LogP contribution in [0.4, 0.5) is 9.18 Å². The predicted molar refractivity (Wildman–Crippen MR) is 81.2 cm³/mol. The van der Waals surface area contributed by atoms with E-state index in [-0.39, 0.29) is 13.1 Å². The van der Waals surface area contributed by atoms with Crippen molar-refractivity contribution in [3.05, 3.63) is 29.0 Å². The first kappa shape index (κ1) is 17.1. The summed E-state index contributed by atoms with van der Waals surface area (Å²) in [6.07, 6.45) is 0. The zero-order valence-corrected chi connectivity index (χ0v) is 13.8. The molecule has 1 unspecified atom stereocenters. The quantitative estimate of drug-likeness (QED) is 0.420. The molecule has 1 aliphatic heterocycles. The number of likely N-dealkylation sites (N-methyl/N-ethyl adjacent to an activating group) is 1. The summed E-state index contributed by atoms with van der Waals surface area (Å²) in [6, 6.07) is 3.05. The fraction of sp³-hybridized carbons (Fsp3) is 0.267. The molecular formula is C15H12FN3O5S. The van der Waals surface area contributed by atoms with Crippen molar-refractivity contribution in [2.45, 2.75) is 13.5 Å². The van der Waals surface area contributed by atoms with Crippen molar-refractivity contribution in [2.75, 3.05) is 13.1 Å². The van der Waals surface area contributed by atoms with E-state index in [0.29, 0.717) is 20.1 Å². The number of nitrogens with zero attached hydrogens (tertiary/aromatic N) is 3. The minimum absolute atomic E-state index is 0.182. The molecule has 0 aliphatic carbocycles. The third-order valence-corrected chi connectivity index (χ3v) is 5.04. The lowest BCUT2D eigenvalue weighted by Gasteiger charge is -2.25. The summed E-state index contributed by atoms with van der Waals surface area (Å²) < 4.78 is 12.6. The van der Waals surface area contributed by atoms with Gasteiger partial charge in [-0.15, -0.1) is 11.3 Å². The van der Waals surface area contributed by atoms with Gasteiger partial charge in [0.2, 0.25) is 0 Å². The third-order valence-electron chi connectivity index (χ3n) is 4.04. The number of hydrogen-bond donors (Lipinski definition) is 0. The highest BCUT2D eigenvalue weighted by atomic mass is 32.1. The molecule has 1 aromatic carbocycles. The Labute approximate surface area is 144 Å². The molecule has 0 saturated carbocycles. The number of thiazole rings is 1. The van der Waals surface area contributed by atoms with Crippen LogP contribution in [0.3, 0.4) is 0 Å². The van der Waals surface area contributed by atoms with E-state index in [1.54, 1.807) is 0 Å². The SMILES string of the molecule is CC[N+]1(CC(=O)[O-])C(=O)C(=O)N(Cc2nc3ccc(F)cc3s2)C1=O. The molecule has 1 saturated heterocycles. The van der Waals surface area contributed by atoms with Crippen molar-refractivity contribution in [3.63, 3.8) is 0 Å². The van der Waals surface area contributed by atoms with Crippen LogP contribution in [0, 0.1) is 5.82 Å². The minimum Gasteiger partial charge on any atom is -0.544 e. The first-order valence-electron chi connectivity index (χ1n) is 7.31. The first-order chi connectivity index (χ1) is 11.8. The highest BCUT2D eigenvalue weighted by molar-refractivity contribution is 7.18. The maximum Gasteiger partial charge on any atom is 0.435 e. The fourth-order valence-corrected chi connectivity index (χ4v) is 3.72. The zero-order valence-electron chi connectivity index (χ0n) is 13.0. The Bertz CT molecular complexity index is 927. The van der Waals surface area contributed by atoms with E-state index in [1.165, 1.54) is 25.1 Å². The molecule has 0 spiro atoms. The number of rotatable bonds is 5. The topological polar surface area (TPSA) is 107 Å². The maximum atomic E-state index is 13.2. The number of fused-ring (bicyclic) bond motifs is 1. The molecule has 0 N–H and O–H groups in total. The summed E-state index contributed by atoms with van der Waals surface area (Å²) in [6.45, 7) is 0.0772. The Morgan fingerprint density at radius 1 is 1.36 bits per heavy atom. The molecule has 1 atom stereocenters. The number of hydrogen-bond acceptors (Lipinski definition) is 7. The minimum atomic E-state index is -1.60. The smallest absolute Gasteiger partial charge is 0.435 e. The van der Waals surface area contributed by atoms with Crippen molar-refractivity contribution in [1.29, 1.82) is 0 Å². The van der Waals surface area contributed by atoms with E-state index >= 15 is 0 Å². The molecule has 4 amide bonds. The number of carboxylic acid groups (broad SMARTS) is 1. The van der Waals surface area contributed by atoms with Crippen LogP contribution in [-0.2, 0) is 20.9 Å². The van der Waals surface area contributed by atoms with Crippen molar-refractivity contribution < 1.29 is 33.2 Å². The van der Waals surface area contributed by atoms with Gasteiger partial charge in [-0.1, -0.05) is 0 Å². The van der Waals surface area contributed by atoms with Gasteiger partial charge in [-0.25, -0.2) is 23.9 Å². The largest absolute Gasteiger partial charge is 0.544 e. The average Bonchev–Trinajstić information content (AvgIpc) is 3.03. The molecule has 1 aromatic heterocycles. The first-order valence-corrected chi connectivity index (χ1v) is 8.13. The summed E-state index contributed by atoms with van der Waals surface area (Å²) in [4.78, 5) is 52.8. The standard InChI is InChI=1S/C15H12FN3O5S/c1-2-19(7-12(20)21)14(23)13(22)18(15(19)24)6-11-17-9-4-3-8(16)5-10(9)25-11/h3-5H,2,6-7H2,1H3. The number of carbonyl (C=O) groups is 4. The van der Waals surface area contributed by atoms with Crippen LogP contribution >= 0.6 is 11.3 Å². The lowest BCUT2D eigenvalue weighted by Crippen LogP contribution is -2.58. The lowest BCUT2D eigenvalue weighted by molar-refractivity contribution is -0.761. The van der Waals surface area contributed by atoms with Gasteiger partial charge >= 0.3 is 17.8 Å². The van der Waals surface area contributed by atoms with Gasteiger partial charge in [0, 0.05) is 0 Å². The number of imide groups is 2. The van der Waals surface area contributed by atoms with Crippen LogP contribution in [0.15, 0.2) is 18.2 Å². The number of halogens is 1. The molecule has 10 heteroatoms. The number of quaternary nitrogens is 1. The second-order valence-corrected chi connectivity index (χ2v) is 6.63. The summed E-state index contributed by atoms with van der Waals surface area (Å²) in [5, 5.41) is 11.3. The van der Waals surface area contributed by atoms with Gasteiger partial charge < -0.3 is 9.90 Å². The fourth-order valence-electron chi connectivity index (χ4n) is 2.74. The molecule has 1 aliphatic rings. The molecule has 2 aromatic rings. The van der Waals surface area contributed by atoms with Gasteiger partial charge in [-0.2, -0.15) is 4.48 Å². The van der Waals surface area contributed by atoms with E-state index in [0.717, 1.165) is 11.3 Å². The highest BCUT2D eigenvalue weighted by Crippen LogP contribution is 2.28. The van der Waals surface area contributed by atoms with Gasteiger partial charge in [-0.3, -0.25) is 4.79 Å². The molecular weight excluding hydrogens is 353 g/mol. The highest BCUT2D eigenvalue weighted by Gasteiger charge is 2.60. The van der Waals surface area contributed by atoms with Gasteiger partial charge in [0.25, 0.3) is 0 Å². The molecule has 2 heterocycles. The van der Waals surface area contributed by atoms with E-state index in [4.69, 9.17) is 0 Å². The van der Waals surface area contributed by atoms with Crippen LogP contribution in [0.5, 0.6) is 0 Å². The summed E-state index contributed by atoms with van der Waals surface area (Å²) >= 11 is 1.08. The second-order valence-electron chi connectivity index (χ2n) is 5.51. The number of aromatic nitrogens is 1. The summed E-state index contributed by atoms with van der Waals surface area (Å²) in [5.74, 6) is -4.24. The number of urea groups is 1. The number of carboxylic acids is 1. The molecule has 0 bridgehead atoms. The monoisotopic (exact) mass is 365 g/mol. The van der Waals surface area contributed by atoms with Gasteiger partial charge in [0.05, 0.1) is 29.3 Å². The Morgan fingerprint density at radius 3 is 2.72 bits per heavy atom. The van der Waals surface area contributed by atoms with Gasteiger partial charge in [0.1, 0.15) is 17.4 Å². The van der Waals surface area contributed by atoms with Crippen molar-refractivity contribution >= 4 is 45.4 Å². The Kier molecular flexibility index (Phi) is 4.09. The Morgan fingerprint density at radius 2 is 2.08 bits per heavy atom. The maximum absolute atomic E-state index is 13.2. The second kappa shape index (κ2) is 5.97. The van der Waals surface area contributed by atoms with E-state index in [9.17, 15) is 28.7 Å². The van der Waals surface area contributed by atoms with Gasteiger partial charge in [-0.05, 0) is 25.1 Å². The zero-order chi connectivity index (χ0) is 18.4. The van der Waals surface area contributed by atoms with E-state index < -0.39 is 40.7 Å². The van der Waals surface area contributed by atoms with Crippen LogP contribution < -0.4 is 5.11 Å². The van der Waals surface area contributed by atoms with Crippen molar-refractivity contribution in [1.82, 2.24) is 9.88 Å². The Hall–Kier alpha value is -2.72. The molecule has 0 radical (unpaired) electrons. The number of benzene rings is 1. The molecule has 3 rings (SSSR count). The predicted octanol–water partition coefficient (Wildman–Crippen LogP) is 0.0108. The number of carbonyl (C=O) groups excluding carboxylic acids is 4. The van der Waals surface area contributed by atoms with Gasteiger partial charge in [0.15, 0.2) is 0 Å².